The summed E-state index contributed by atoms with van der Waals surface area (Å²) in [5.41, 5.74) is 0.636. The van der Waals surface area contributed by atoms with Gasteiger partial charge in [-0.1, -0.05) is 24.1 Å². The van der Waals surface area contributed by atoms with Crippen molar-refractivity contribution in [2.45, 2.75) is 50.7 Å². The third-order valence-corrected chi connectivity index (χ3v) is 4.00. The molecule has 1 saturated carbocycles. The largest absolute Gasteiger partial charge is 0.391 e. The highest BCUT2D eigenvalue weighted by Gasteiger charge is 2.24. The first-order chi connectivity index (χ1) is 11.2. The van der Waals surface area contributed by atoms with Crippen molar-refractivity contribution in [2.75, 3.05) is 0 Å². The fourth-order valence-electron chi connectivity index (χ4n) is 2.73. The Morgan fingerprint density at radius 1 is 1.35 bits per heavy atom. The molecule has 0 spiro atoms. The molecule has 0 aromatic carbocycles. The number of hydrogen-bond acceptors (Lipinski definition) is 6. The van der Waals surface area contributed by atoms with Gasteiger partial charge in [-0.25, -0.2) is 0 Å². The average Bonchev–Trinajstić information content (AvgIpc) is 3.05. The van der Waals surface area contributed by atoms with Crippen LogP contribution in [0.4, 0.5) is 0 Å². The Hall–Kier alpha value is -2.28. The number of aromatic nitrogens is 3. The lowest BCUT2D eigenvalue weighted by molar-refractivity contribution is -0.123. The van der Waals surface area contributed by atoms with E-state index in [4.69, 9.17) is 4.52 Å². The Bertz CT molecular complexity index is 644. The first kappa shape index (κ1) is 15.6. The monoisotopic (exact) mass is 316 g/mol. The predicted octanol–water partition coefficient (Wildman–Crippen LogP) is 1.48. The molecule has 1 aliphatic carbocycles. The van der Waals surface area contributed by atoms with Gasteiger partial charge in [-0.3, -0.25) is 9.78 Å². The maximum Gasteiger partial charge on any atom is 0.227 e. The minimum atomic E-state index is -0.438. The maximum atomic E-state index is 12.0. The van der Waals surface area contributed by atoms with E-state index in [1.54, 1.807) is 12.3 Å². The van der Waals surface area contributed by atoms with E-state index >= 15 is 0 Å². The number of amides is 1. The van der Waals surface area contributed by atoms with E-state index in [0.29, 0.717) is 23.8 Å². The van der Waals surface area contributed by atoms with Crippen LogP contribution in [-0.2, 0) is 11.2 Å². The zero-order valence-corrected chi connectivity index (χ0v) is 12.8. The highest BCUT2D eigenvalue weighted by Crippen LogP contribution is 2.18. The quantitative estimate of drug-likeness (QED) is 0.866. The van der Waals surface area contributed by atoms with E-state index < -0.39 is 6.10 Å². The second-order valence-corrected chi connectivity index (χ2v) is 5.75. The van der Waals surface area contributed by atoms with E-state index in [0.717, 1.165) is 25.7 Å². The minimum absolute atomic E-state index is 0.103. The molecule has 2 heterocycles. The Labute approximate surface area is 134 Å². The number of carbonyl (C=O) groups excluding carboxylic acids is 1. The van der Waals surface area contributed by atoms with Crippen LogP contribution in [0.25, 0.3) is 11.5 Å². The van der Waals surface area contributed by atoms with Crippen LogP contribution in [0.3, 0.4) is 0 Å². The van der Waals surface area contributed by atoms with Crippen LogP contribution < -0.4 is 5.32 Å². The molecule has 2 unspecified atom stereocenters. The lowest BCUT2D eigenvalue weighted by atomic mass is 9.92. The van der Waals surface area contributed by atoms with Gasteiger partial charge in [0.15, 0.2) is 0 Å². The van der Waals surface area contributed by atoms with Gasteiger partial charge in [-0.05, 0) is 25.0 Å². The van der Waals surface area contributed by atoms with Gasteiger partial charge in [0.2, 0.25) is 17.6 Å². The molecule has 3 rings (SSSR count). The Morgan fingerprint density at radius 3 is 3.00 bits per heavy atom. The number of nitrogens with zero attached hydrogens (tertiary/aromatic N) is 3. The van der Waals surface area contributed by atoms with E-state index in [9.17, 15) is 9.90 Å². The van der Waals surface area contributed by atoms with Gasteiger partial charge in [-0.2, -0.15) is 4.98 Å². The third-order valence-electron chi connectivity index (χ3n) is 4.00. The van der Waals surface area contributed by atoms with Crippen LogP contribution >= 0.6 is 0 Å². The SMILES string of the molecule is O=C(CCc1nc(-c2ccccn2)no1)NC1CCCCC1O. The first-order valence-electron chi connectivity index (χ1n) is 7.94. The van der Waals surface area contributed by atoms with Crippen molar-refractivity contribution >= 4 is 5.91 Å². The summed E-state index contributed by atoms with van der Waals surface area (Å²) in [5.74, 6) is 0.724. The summed E-state index contributed by atoms with van der Waals surface area (Å²) in [5, 5.41) is 16.6. The summed E-state index contributed by atoms with van der Waals surface area (Å²) in [7, 11) is 0. The van der Waals surface area contributed by atoms with Crippen molar-refractivity contribution in [1.29, 1.82) is 0 Å². The van der Waals surface area contributed by atoms with E-state index in [1.165, 1.54) is 0 Å². The second kappa shape index (κ2) is 7.32. The molecule has 23 heavy (non-hydrogen) atoms. The zero-order chi connectivity index (χ0) is 16.1. The summed E-state index contributed by atoms with van der Waals surface area (Å²) in [6.45, 7) is 0. The summed E-state index contributed by atoms with van der Waals surface area (Å²) < 4.78 is 5.15. The maximum absolute atomic E-state index is 12.0. The van der Waals surface area contributed by atoms with Gasteiger partial charge in [-0.15, -0.1) is 0 Å². The summed E-state index contributed by atoms with van der Waals surface area (Å²) in [6, 6.07) is 5.32. The number of aryl methyl sites for hydroxylation is 1. The molecule has 0 saturated heterocycles. The minimum Gasteiger partial charge on any atom is -0.391 e. The Kier molecular flexibility index (Phi) is 4.97. The topological polar surface area (TPSA) is 101 Å². The lowest BCUT2D eigenvalue weighted by Gasteiger charge is -2.28. The number of rotatable bonds is 5. The smallest absolute Gasteiger partial charge is 0.227 e. The van der Waals surface area contributed by atoms with Crippen LogP contribution in [0.2, 0.25) is 0 Å². The summed E-state index contributed by atoms with van der Waals surface area (Å²) in [4.78, 5) is 20.4. The Balaban J connectivity index is 1.50. The standard InChI is InChI=1S/C16H20N4O3/c21-13-7-2-1-5-11(13)18-14(22)8-9-15-19-16(20-23-15)12-6-3-4-10-17-12/h3-4,6,10-11,13,21H,1-2,5,7-9H2,(H,18,22). The van der Waals surface area contributed by atoms with Crippen LogP contribution in [0.5, 0.6) is 0 Å². The van der Waals surface area contributed by atoms with Crippen LogP contribution in [0, 0.1) is 0 Å². The first-order valence-corrected chi connectivity index (χ1v) is 7.94. The molecular weight excluding hydrogens is 296 g/mol. The molecule has 2 N–H and O–H groups in total. The molecule has 1 amide bonds. The van der Waals surface area contributed by atoms with Crippen molar-refractivity contribution in [2.24, 2.45) is 0 Å². The molecule has 0 aliphatic heterocycles. The van der Waals surface area contributed by atoms with Crippen LogP contribution in [0.15, 0.2) is 28.9 Å². The lowest BCUT2D eigenvalue weighted by Crippen LogP contribution is -2.45. The highest BCUT2D eigenvalue weighted by atomic mass is 16.5. The molecule has 7 nitrogen and oxygen atoms in total. The number of aliphatic hydroxyl groups excluding tert-OH is 1. The molecule has 0 radical (unpaired) electrons. The molecule has 122 valence electrons. The van der Waals surface area contributed by atoms with Crippen molar-refractivity contribution in [3.8, 4) is 11.5 Å². The van der Waals surface area contributed by atoms with Gasteiger partial charge in [0.05, 0.1) is 12.1 Å². The number of carbonyl (C=O) groups is 1. The molecular formula is C16H20N4O3. The molecule has 1 fully saturated rings. The van der Waals surface area contributed by atoms with Crippen molar-refractivity contribution in [3.05, 3.63) is 30.3 Å². The molecule has 0 bridgehead atoms. The predicted molar refractivity (Wildman–Crippen MR) is 82.3 cm³/mol. The molecule has 2 aromatic heterocycles. The normalized spacial score (nSPS) is 21.1. The number of nitrogens with one attached hydrogen (secondary N) is 1. The molecule has 2 aromatic rings. The van der Waals surface area contributed by atoms with Gasteiger partial charge in [0.1, 0.15) is 5.69 Å². The fourth-order valence-corrected chi connectivity index (χ4v) is 2.73. The van der Waals surface area contributed by atoms with E-state index in [2.05, 4.69) is 20.4 Å². The Morgan fingerprint density at radius 2 is 2.22 bits per heavy atom. The third kappa shape index (κ3) is 4.13. The van der Waals surface area contributed by atoms with Gasteiger partial charge >= 0.3 is 0 Å². The molecule has 2 atom stereocenters. The van der Waals surface area contributed by atoms with Crippen molar-refractivity contribution in [3.63, 3.8) is 0 Å². The fraction of sp³-hybridized carbons (Fsp3) is 0.500. The van der Waals surface area contributed by atoms with Crippen molar-refractivity contribution in [1.82, 2.24) is 20.4 Å². The molecule has 7 heteroatoms. The van der Waals surface area contributed by atoms with E-state index in [1.807, 2.05) is 12.1 Å². The number of pyridine rings is 1. The highest BCUT2D eigenvalue weighted by molar-refractivity contribution is 5.76. The number of hydrogen-bond donors (Lipinski definition) is 2. The van der Waals surface area contributed by atoms with E-state index in [-0.39, 0.29) is 18.4 Å². The second-order valence-electron chi connectivity index (χ2n) is 5.75. The van der Waals surface area contributed by atoms with Crippen LogP contribution in [0.1, 0.15) is 38.0 Å². The zero-order valence-electron chi connectivity index (χ0n) is 12.8. The number of aliphatic hydroxyl groups is 1. The summed E-state index contributed by atoms with van der Waals surface area (Å²) in [6.07, 6.45) is 5.49. The summed E-state index contributed by atoms with van der Waals surface area (Å²) >= 11 is 0. The van der Waals surface area contributed by atoms with Gasteiger partial charge in [0, 0.05) is 19.0 Å². The van der Waals surface area contributed by atoms with Crippen molar-refractivity contribution < 1.29 is 14.4 Å². The van der Waals surface area contributed by atoms with Gasteiger partial charge in [0.25, 0.3) is 0 Å². The molecule has 1 aliphatic rings. The van der Waals surface area contributed by atoms with Crippen LogP contribution in [-0.4, -0.2) is 38.3 Å². The average molecular weight is 316 g/mol. The van der Waals surface area contributed by atoms with Gasteiger partial charge < -0.3 is 14.9 Å².